The van der Waals surface area contributed by atoms with Crippen LogP contribution in [0.15, 0.2) is 60.9 Å². The standard InChI is InChI=1S/C20H20N4O2S/c25-24(26)18-6-2-1-5-17(18)20-8-7-16(27-20)14-23-11-10-22-13-19(23)15-4-3-9-21-12-15/h1-9,12,19,22H,10-11,13-14H2. The molecule has 1 N–H and O–H groups in total. The van der Waals surface area contributed by atoms with Crippen molar-refractivity contribution in [2.24, 2.45) is 0 Å². The third kappa shape index (κ3) is 3.90. The number of para-hydroxylation sites is 1. The highest BCUT2D eigenvalue weighted by Crippen LogP contribution is 2.35. The molecule has 4 rings (SSSR count). The molecule has 0 saturated carbocycles. The number of aromatic nitrogens is 1. The van der Waals surface area contributed by atoms with E-state index in [2.05, 4.69) is 27.3 Å². The lowest BCUT2D eigenvalue weighted by Gasteiger charge is -2.36. The van der Waals surface area contributed by atoms with Crippen molar-refractivity contribution in [3.05, 3.63) is 81.5 Å². The summed E-state index contributed by atoms with van der Waals surface area (Å²) in [6, 6.07) is 15.4. The Labute approximate surface area is 161 Å². The fraction of sp³-hybridized carbons (Fsp3) is 0.250. The average molecular weight is 380 g/mol. The van der Waals surface area contributed by atoms with Crippen molar-refractivity contribution in [1.29, 1.82) is 0 Å². The number of pyridine rings is 1. The number of nitro benzene ring substituents is 1. The molecule has 1 aromatic carbocycles. The predicted octanol–water partition coefficient (Wildman–Crippen LogP) is 3.86. The first-order valence-electron chi connectivity index (χ1n) is 8.89. The topological polar surface area (TPSA) is 71.3 Å². The first-order valence-corrected chi connectivity index (χ1v) is 9.71. The molecule has 2 aromatic heterocycles. The summed E-state index contributed by atoms with van der Waals surface area (Å²) in [5, 5.41) is 14.8. The molecular weight excluding hydrogens is 360 g/mol. The van der Waals surface area contributed by atoms with Crippen molar-refractivity contribution in [3.8, 4) is 10.4 Å². The van der Waals surface area contributed by atoms with Gasteiger partial charge in [0.2, 0.25) is 0 Å². The van der Waals surface area contributed by atoms with Crippen molar-refractivity contribution in [3.63, 3.8) is 0 Å². The van der Waals surface area contributed by atoms with Crippen LogP contribution >= 0.6 is 11.3 Å². The average Bonchev–Trinajstić information content (AvgIpc) is 3.17. The summed E-state index contributed by atoms with van der Waals surface area (Å²) in [6.45, 7) is 3.64. The minimum absolute atomic E-state index is 0.154. The normalized spacial score (nSPS) is 17.7. The number of benzene rings is 1. The van der Waals surface area contributed by atoms with E-state index < -0.39 is 0 Å². The smallest absolute Gasteiger partial charge is 0.278 e. The number of thiophene rings is 1. The Bertz CT molecular complexity index is 928. The van der Waals surface area contributed by atoms with Crippen molar-refractivity contribution in [2.75, 3.05) is 19.6 Å². The summed E-state index contributed by atoms with van der Waals surface area (Å²) in [5.74, 6) is 0. The molecule has 0 amide bonds. The molecule has 3 aromatic rings. The number of nitrogens with one attached hydrogen (secondary N) is 1. The van der Waals surface area contributed by atoms with Crippen LogP contribution in [0.5, 0.6) is 0 Å². The van der Waals surface area contributed by atoms with Crippen LogP contribution in [-0.4, -0.2) is 34.4 Å². The van der Waals surface area contributed by atoms with Crippen LogP contribution in [0, 0.1) is 10.1 Å². The van der Waals surface area contributed by atoms with Gasteiger partial charge in [0.05, 0.1) is 10.5 Å². The molecule has 138 valence electrons. The molecule has 27 heavy (non-hydrogen) atoms. The maximum Gasteiger partial charge on any atom is 0.278 e. The van der Waals surface area contributed by atoms with Gasteiger partial charge in [-0.25, -0.2) is 0 Å². The Morgan fingerprint density at radius 1 is 1.22 bits per heavy atom. The van der Waals surface area contributed by atoms with Crippen LogP contribution in [-0.2, 0) is 6.54 Å². The molecule has 1 atom stereocenters. The molecule has 1 saturated heterocycles. The zero-order valence-corrected chi connectivity index (χ0v) is 15.6. The van der Waals surface area contributed by atoms with E-state index in [0.29, 0.717) is 5.56 Å². The zero-order valence-electron chi connectivity index (χ0n) is 14.7. The quantitative estimate of drug-likeness (QED) is 0.537. The fourth-order valence-electron chi connectivity index (χ4n) is 3.49. The third-order valence-electron chi connectivity index (χ3n) is 4.81. The minimum atomic E-state index is -0.316. The van der Waals surface area contributed by atoms with E-state index in [1.807, 2.05) is 30.5 Å². The van der Waals surface area contributed by atoms with Gasteiger partial charge < -0.3 is 5.32 Å². The molecule has 6 nitrogen and oxygen atoms in total. The summed E-state index contributed by atoms with van der Waals surface area (Å²) in [4.78, 5) is 19.8. The second-order valence-corrected chi connectivity index (χ2v) is 7.69. The van der Waals surface area contributed by atoms with Crippen LogP contribution in [0.2, 0.25) is 0 Å². The summed E-state index contributed by atoms with van der Waals surface area (Å²) in [5.41, 5.74) is 2.05. The Balaban J connectivity index is 1.56. The van der Waals surface area contributed by atoms with E-state index >= 15 is 0 Å². The Morgan fingerprint density at radius 2 is 2.11 bits per heavy atom. The molecular formula is C20H20N4O2S. The maximum atomic E-state index is 11.3. The van der Waals surface area contributed by atoms with Crippen LogP contribution in [0.25, 0.3) is 10.4 Å². The van der Waals surface area contributed by atoms with E-state index in [0.717, 1.165) is 31.1 Å². The van der Waals surface area contributed by atoms with E-state index in [-0.39, 0.29) is 16.7 Å². The number of piperazine rings is 1. The SMILES string of the molecule is O=[N+]([O-])c1ccccc1-c1ccc(CN2CCNCC2c2cccnc2)s1. The largest absolute Gasteiger partial charge is 0.314 e. The molecule has 0 aliphatic carbocycles. The van der Waals surface area contributed by atoms with E-state index in [4.69, 9.17) is 0 Å². The van der Waals surface area contributed by atoms with Gasteiger partial charge in [-0.1, -0.05) is 18.2 Å². The second-order valence-electron chi connectivity index (χ2n) is 6.52. The van der Waals surface area contributed by atoms with Crippen LogP contribution < -0.4 is 5.32 Å². The summed E-state index contributed by atoms with van der Waals surface area (Å²) < 4.78 is 0. The minimum Gasteiger partial charge on any atom is -0.314 e. The van der Waals surface area contributed by atoms with Gasteiger partial charge in [-0.05, 0) is 29.8 Å². The first kappa shape index (κ1) is 17.8. The molecule has 0 spiro atoms. The molecule has 1 fully saturated rings. The second kappa shape index (κ2) is 7.96. The van der Waals surface area contributed by atoms with Crippen LogP contribution in [0.1, 0.15) is 16.5 Å². The van der Waals surface area contributed by atoms with Crippen LogP contribution in [0.3, 0.4) is 0 Å². The molecule has 3 heterocycles. The highest BCUT2D eigenvalue weighted by atomic mass is 32.1. The Hall–Kier alpha value is -2.61. The summed E-state index contributed by atoms with van der Waals surface area (Å²) in [7, 11) is 0. The summed E-state index contributed by atoms with van der Waals surface area (Å²) >= 11 is 1.63. The molecule has 1 aliphatic rings. The maximum absolute atomic E-state index is 11.3. The number of hydrogen-bond donors (Lipinski definition) is 1. The molecule has 1 aliphatic heterocycles. The van der Waals surface area contributed by atoms with Gasteiger partial charge >= 0.3 is 0 Å². The molecule has 0 bridgehead atoms. The lowest BCUT2D eigenvalue weighted by molar-refractivity contribution is -0.384. The van der Waals surface area contributed by atoms with Crippen molar-refractivity contribution < 1.29 is 4.92 Å². The zero-order chi connectivity index (χ0) is 18.6. The lowest BCUT2D eigenvalue weighted by atomic mass is 10.1. The Kier molecular flexibility index (Phi) is 5.24. The first-order chi connectivity index (χ1) is 13.2. The highest BCUT2D eigenvalue weighted by Gasteiger charge is 2.25. The number of nitro groups is 1. The van der Waals surface area contributed by atoms with Gasteiger partial charge in [-0.15, -0.1) is 11.3 Å². The predicted molar refractivity (Wildman–Crippen MR) is 107 cm³/mol. The lowest BCUT2D eigenvalue weighted by Crippen LogP contribution is -2.45. The van der Waals surface area contributed by atoms with E-state index in [9.17, 15) is 10.1 Å². The van der Waals surface area contributed by atoms with Crippen molar-refractivity contribution in [2.45, 2.75) is 12.6 Å². The molecule has 0 radical (unpaired) electrons. The monoisotopic (exact) mass is 380 g/mol. The molecule has 1 unspecified atom stereocenters. The van der Waals surface area contributed by atoms with E-state index in [1.54, 1.807) is 29.7 Å². The van der Waals surface area contributed by atoms with Gasteiger partial charge in [-0.2, -0.15) is 0 Å². The number of hydrogen-bond acceptors (Lipinski definition) is 6. The van der Waals surface area contributed by atoms with Crippen molar-refractivity contribution >= 4 is 17.0 Å². The third-order valence-corrected chi connectivity index (χ3v) is 5.91. The van der Waals surface area contributed by atoms with Gasteiger partial charge in [0.25, 0.3) is 5.69 Å². The van der Waals surface area contributed by atoms with Crippen LogP contribution in [0.4, 0.5) is 5.69 Å². The van der Waals surface area contributed by atoms with Gasteiger partial charge in [-0.3, -0.25) is 20.0 Å². The Morgan fingerprint density at radius 3 is 2.93 bits per heavy atom. The van der Waals surface area contributed by atoms with Gasteiger partial charge in [0.15, 0.2) is 0 Å². The summed E-state index contributed by atoms with van der Waals surface area (Å²) in [6.07, 6.45) is 3.72. The fourth-order valence-corrected chi connectivity index (χ4v) is 4.55. The number of rotatable bonds is 5. The van der Waals surface area contributed by atoms with Gasteiger partial charge in [0.1, 0.15) is 0 Å². The number of nitrogens with zero attached hydrogens (tertiary/aromatic N) is 3. The van der Waals surface area contributed by atoms with E-state index in [1.165, 1.54) is 10.4 Å². The van der Waals surface area contributed by atoms with Gasteiger partial charge in [0, 0.05) is 60.4 Å². The molecule has 7 heteroatoms. The highest BCUT2D eigenvalue weighted by molar-refractivity contribution is 7.15. The van der Waals surface area contributed by atoms with Crippen molar-refractivity contribution in [1.82, 2.24) is 15.2 Å².